The molecule has 0 bridgehead atoms. The fourth-order valence-electron chi connectivity index (χ4n) is 1.69. The number of aliphatic hydroxyl groups is 1. The summed E-state index contributed by atoms with van der Waals surface area (Å²) >= 11 is 0. The quantitative estimate of drug-likeness (QED) is 0.761. The lowest BCUT2D eigenvalue weighted by Gasteiger charge is -2.20. The highest BCUT2D eigenvalue weighted by atomic mass is 32.2. The van der Waals surface area contributed by atoms with Crippen molar-refractivity contribution in [1.82, 2.24) is 9.29 Å². The molecule has 2 N–H and O–H groups in total. The molecule has 0 amide bonds. The van der Waals surface area contributed by atoms with E-state index >= 15 is 0 Å². The third-order valence-corrected chi connectivity index (χ3v) is 4.18. The number of hydrogen-bond donors (Lipinski definition) is 2. The van der Waals surface area contributed by atoms with Crippen LogP contribution in [-0.2, 0) is 21.8 Å². The van der Waals surface area contributed by atoms with E-state index in [9.17, 15) is 13.5 Å². The Morgan fingerprint density at radius 1 is 1.65 bits per heavy atom. The van der Waals surface area contributed by atoms with Gasteiger partial charge in [0.2, 0.25) is 10.0 Å². The Morgan fingerprint density at radius 3 is 2.94 bits per heavy atom. The van der Waals surface area contributed by atoms with Crippen molar-refractivity contribution in [2.45, 2.75) is 16.9 Å². The summed E-state index contributed by atoms with van der Waals surface area (Å²) in [7, 11) is -1.80. The summed E-state index contributed by atoms with van der Waals surface area (Å²) in [5.41, 5.74) is -1.08. The summed E-state index contributed by atoms with van der Waals surface area (Å²) in [4.78, 5) is 0.197. The number of sulfonamides is 1. The fraction of sp³-hybridized carbons (Fsp3) is 0.600. The zero-order valence-electron chi connectivity index (χ0n) is 9.59. The number of nitrogens with one attached hydrogen (secondary N) is 1. The van der Waals surface area contributed by atoms with Crippen molar-refractivity contribution in [3.63, 3.8) is 0 Å². The predicted octanol–water partition coefficient (Wildman–Crippen LogP) is -0.545. The number of rotatable bonds is 4. The zero-order valence-corrected chi connectivity index (χ0v) is 10.4. The number of aryl methyl sites for hydroxylation is 1. The first kappa shape index (κ1) is 12.6. The van der Waals surface area contributed by atoms with Crippen molar-refractivity contribution in [2.24, 2.45) is 7.05 Å². The summed E-state index contributed by atoms with van der Waals surface area (Å²) in [6, 6.07) is 1.51. The van der Waals surface area contributed by atoms with Crippen LogP contribution in [0.3, 0.4) is 0 Å². The standard InChI is InChI=1S/C10H16N2O4S/c1-12-4-2-9(6-12)17(14,15)11-7-10(13)3-5-16-8-10/h2,4,6,11,13H,3,5,7-8H2,1H3. The molecular weight excluding hydrogens is 244 g/mol. The fourth-order valence-corrected chi connectivity index (χ4v) is 2.86. The highest BCUT2D eigenvalue weighted by molar-refractivity contribution is 7.89. The van der Waals surface area contributed by atoms with Crippen LogP contribution in [0.25, 0.3) is 0 Å². The van der Waals surface area contributed by atoms with Gasteiger partial charge in [-0.1, -0.05) is 0 Å². The Balaban J connectivity index is 2.03. The van der Waals surface area contributed by atoms with E-state index in [-0.39, 0.29) is 18.0 Å². The molecule has 1 saturated heterocycles. The molecule has 7 heteroatoms. The van der Waals surface area contributed by atoms with Gasteiger partial charge in [-0.05, 0) is 6.07 Å². The molecule has 2 heterocycles. The maximum absolute atomic E-state index is 11.9. The summed E-state index contributed by atoms with van der Waals surface area (Å²) in [6.45, 7) is 0.609. The van der Waals surface area contributed by atoms with Gasteiger partial charge in [-0.25, -0.2) is 13.1 Å². The highest BCUT2D eigenvalue weighted by Gasteiger charge is 2.33. The van der Waals surface area contributed by atoms with E-state index in [1.165, 1.54) is 12.3 Å². The smallest absolute Gasteiger partial charge is 0.242 e. The maximum Gasteiger partial charge on any atom is 0.242 e. The van der Waals surface area contributed by atoms with Crippen LogP contribution in [0.5, 0.6) is 0 Å². The van der Waals surface area contributed by atoms with Gasteiger partial charge in [-0.3, -0.25) is 0 Å². The molecule has 0 aromatic carbocycles. The van der Waals surface area contributed by atoms with Crippen LogP contribution in [0, 0.1) is 0 Å². The number of aromatic nitrogens is 1. The predicted molar refractivity (Wildman–Crippen MR) is 61.0 cm³/mol. The Hall–Kier alpha value is -0.890. The molecule has 0 saturated carbocycles. The van der Waals surface area contributed by atoms with E-state index in [4.69, 9.17) is 4.74 Å². The van der Waals surface area contributed by atoms with E-state index in [0.717, 1.165) is 0 Å². The van der Waals surface area contributed by atoms with Gasteiger partial charge in [-0.2, -0.15) is 0 Å². The molecule has 0 spiro atoms. The molecular formula is C10H16N2O4S. The van der Waals surface area contributed by atoms with Gasteiger partial charge in [0.15, 0.2) is 0 Å². The topological polar surface area (TPSA) is 80.6 Å². The Morgan fingerprint density at radius 2 is 2.41 bits per heavy atom. The van der Waals surface area contributed by atoms with E-state index in [0.29, 0.717) is 13.0 Å². The molecule has 1 aromatic heterocycles. The Bertz CT molecular complexity index is 488. The van der Waals surface area contributed by atoms with Crippen molar-refractivity contribution in [2.75, 3.05) is 19.8 Å². The van der Waals surface area contributed by atoms with E-state index < -0.39 is 15.6 Å². The molecule has 1 aromatic rings. The number of ether oxygens (including phenoxy) is 1. The highest BCUT2D eigenvalue weighted by Crippen LogP contribution is 2.18. The molecule has 1 atom stereocenters. The van der Waals surface area contributed by atoms with Crippen LogP contribution in [0.15, 0.2) is 23.4 Å². The summed E-state index contributed by atoms with van der Waals surface area (Å²) in [5.74, 6) is 0. The van der Waals surface area contributed by atoms with Gasteiger partial charge in [0.05, 0.1) is 11.5 Å². The van der Waals surface area contributed by atoms with Crippen LogP contribution in [0.2, 0.25) is 0 Å². The second kappa shape index (κ2) is 4.41. The monoisotopic (exact) mass is 260 g/mol. The third-order valence-electron chi connectivity index (χ3n) is 2.79. The van der Waals surface area contributed by atoms with Crippen molar-refractivity contribution in [1.29, 1.82) is 0 Å². The van der Waals surface area contributed by atoms with Gasteiger partial charge in [0.25, 0.3) is 0 Å². The van der Waals surface area contributed by atoms with Crippen LogP contribution in [0.1, 0.15) is 6.42 Å². The van der Waals surface area contributed by atoms with Crippen molar-refractivity contribution >= 4 is 10.0 Å². The molecule has 2 rings (SSSR count). The summed E-state index contributed by atoms with van der Waals surface area (Å²) < 4.78 is 32.8. The van der Waals surface area contributed by atoms with Crippen molar-refractivity contribution in [3.8, 4) is 0 Å². The van der Waals surface area contributed by atoms with Gasteiger partial charge < -0.3 is 14.4 Å². The van der Waals surface area contributed by atoms with Gasteiger partial charge in [0.1, 0.15) is 5.60 Å². The molecule has 1 unspecified atom stereocenters. The van der Waals surface area contributed by atoms with Crippen LogP contribution in [0.4, 0.5) is 0 Å². The van der Waals surface area contributed by atoms with Crippen molar-refractivity contribution < 1.29 is 18.3 Å². The van der Waals surface area contributed by atoms with Gasteiger partial charge >= 0.3 is 0 Å². The maximum atomic E-state index is 11.9. The summed E-state index contributed by atoms with van der Waals surface area (Å²) in [6.07, 6.45) is 3.61. The molecule has 1 aliphatic heterocycles. The third kappa shape index (κ3) is 2.86. The SMILES string of the molecule is Cn1ccc(S(=O)(=O)NCC2(O)CCOC2)c1. The molecule has 1 fully saturated rings. The lowest BCUT2D eigenvalue weighted by molar-refractivity contribution is 0.0314. The Labute approximate surface area is 100 Å². The average molecular weight is 260 g/mol. The lowest BCUT2D eigenvalue weighted by Crippen LogP contribution is -2.43. The van der Waals surface area contributed by atoms with Crippen molar-refractivity contribution in [3.05, 3.63) is 18.5 Å². The molecule has 0 aliphatic carbocycles. The van der Waals surface area contributed by atoms with Crippen LogP contribution >= 0.6 is 0 Å². The minimum Gasteiger partial charge on any atom is -0.386 e. The van der Waals surface area contributed by atoms with E-state index in [1.807, 2.05) is 0 Å². The van der Waals surface area contributed by atoms with E-state index in [1.54, 1.807) is 17.8 Å². The average Bonchev–Trinajstić information content (AvgIpc) is 2.86. The Kier molecular flexibility index (Phi) is 3.26. The van der Waals surface area contributed by atoms with E-state index in [2.05, 4.69) is 4.72 Å². The number of hydrogen-bond acceptors (Lipinski definition) is 4. The van der Waals surface area contributed by atoms with Gasteiger partial charge in [-0.15, -0.1) is 0 Å². The summed E-state index contributed by atoms with van der Waals surface area (Å²) in [5, 5.41) is 9.95. The first-order chi connectivity index (χ1) is 7.91. The zero-order chi connectivity index (χ0) is 12.5. The first-order valence-electron chi connectivity index (χ1n) is 5.33. The van der Waals surface area contributed by atoms with Crippen LogP contribution in [-0.4, -0.2) is 43.5 Å². The molecule has 6 nitrogen and oxygen atoms in total. The second-order valence-electron chi connectivity index (χ2n) is 4.36. The molecule has 17 heavy (non-hydrogen) atoms. The second-order valence-corrected chi connectivity index (χ2v) is 6.13. The minimum atomic E-state index is -3.55. The number of nitrogens with zero attached hydrogens (tertiary/aromatic N) is 1. The molecule has 96 valence electrons. The molecule has 0 radical (unpaired) electrons. The minimum absolute atomic E-state index is 0.0236. The van der Waals surface area contributed by atoms with Crippen LogP contribution < -0.4 is 4.72 Å². The lowest BCUT2D eigenvalue weighted by atomic mass is 10.1. The largest absolute Gasteiger partial charge is 0.386 e. The normalized spacial score (nSPS) is 25.3. The first-order valence-corrected chi connectivity index (χ1v) is 6.81. The molecule has 1 aliphatic rings. The van der Waals surface area contributed by atoms with Gasteiger partial charge in [0, 0.05) is 39.0 Å².